The van der Waals surface area contributed by atoms with E-state index in [0.717, 1.165) is 17.9 Å². The highest BCUT2D eigenvalue weighted by Crippen LogP contribution is 2.17. The van der Waals surface area contributed by atoms with E-state index in [1.165, 1.54) is 0 Å². The molecule has 0 radical (unpaired) electrons. The summed E-state index contributed by atoms with van der Waals surface area (Å²) in [6.45, 7) is 3.73. The fourth-order valence-corrected chi connectivity index (χ4v) is 1.50. The number of carbonyl (C=O) groups is 1. The predicted molar refractivity (Wildman–Crippen MR) is 70.5 cm³/mol. The van der Waals surface area contributed by atoms with Crippen LogP contribution in [0.2, 0.25) is 0 Å². The maximum Gasteiger partial charge on any atom is 0.213 e. The van der Waals surface area contributed by atoms with Crippen molar-refractivity contribution in [1.82, 2.24) is 5.32 Å². The van der Waals surface area contributed by atoms with E-state index in [0.29, 0.717) is 25.5 Å². The van der Waals surface area contributed by atoms with Crippen LogP contribution in [-0.2, 0) is 14.3 Å². The van der Waals surface area contributed by atoms with Crippen molar-refractivity contribution in [2.45, 2.75) is 13.0 Å². The molecule has 1 aliphatic heterocycles. The lowest BCUT2D eigenvalue weighted by molar-refractivity contribution is -0.109. The number of hydrogen-bond acceptors (Lipinski definition) is 4. The van der Waals surface area contributed by atoms with Crippen LogP contribution >= 0.6 is 0 Å². The van der Waals surface area contributed by atoms with Crippen molar-refractivity contribution in [3.05, 3.63) is 35.7 Å². The average Bonchev–Trinajstić information content (AvgIpc) is 3.23. The van der Waals surface area contributed by atoms with E-state index in [-0.39, 0.29) is 6.10 Å². The van der Waals surface area contributed by atoms with Crippen molar-refractivity contribution in [3.63, 3.8) is 0 Å². The Morgan fingerprint density at radius 2 is 2.21 bits per heavy atom. The van der Waals surface area contributed by atoms with Crippen LogP contribution in [0.25, 0.3) is 6.08 Å². The summed E-state index contributed by atoms with van der Waals surface area (Å²) in [4.78, 5) is 10.4. The Morgan fingerprint density at radius 1 is 1.47 bits per heavy atom. The van der Waals surface area contributed by atoms with Crippen molar-refractivity contribution >= 4 is 12.5 Å². The van der Waals surface area contributed by atoms with Gasteiger partial charge in [-0.1, -0.05) is 12.1 Å². The molecule has 1 unspecified atom stereocenters. The fraction of sp³-hybridized carbons (Fsp3) is 0.357. The molecule has 1 N–H and O–H groups in total. The van der Waals surface area contributed by atoms with Crippen molar-refractivity contribution in [1.29, 1.82) is 0 Å². The molecule has 1 amide bonds. The van der Waals surface area contributed by atoms with Crippen LogP contribution in [0.4, 0.5) is 0 Å². The SMILES string of the molecule is CCOC(=Cc1ccc(OCC2CO2)cc1)NC=O. The van der Waals surface area contributed by atoms with Gasteiger partial charge in [-0.05, 0) is 24.6 Å². The summed E-state index contributed by atoms with van der Waals surface area (Å²) in [6, 6.07) is 7.54. The largest absolute Gasteiger partial charge is 0.491 e. The summed E-state index contributed by atoms with van der Waals surface area (Å²) in [5.41, 5.74) is 0.924. The molecule has 0 aromatic heterocycles. The molecule has 2 rings (SSSR count). The maximum absolute atomic E-state index is 10.4. The molecule has 0 aliphatic carbocycles. The van der Waals surface area contributed by atoms with Crippen LogP contribution in [0.5, 0.6) is 5.75 Å². The zero-order valence-corrected chi connectivity index (χ0v) is 10.8. The zero-order valence-electron chi connectivity index (χ0n) is 10.8. The van der Waals surface area contributed by atoms with Gasteiger partial charge in [0.2, 0.25) is 6.41 Å². The monoisotopic (exact) mass is 263 g/mol. The summed E-state index contributed by atoms with van der Waals surface area (Å²) >= 11 is 0. The lowest BCUT2D eigenvalue weighted by Crippen LogP contribution is -2.12. The van der Waals surface area contributed by atoms with E-state index in [1.807, 2.05) is 31.2 Å². The second kappa shape index (κ2) is 6.80. The Bertz CT molecular complexity index is 437. The first-order valence-electron chi connectivity index (χ1n) is 6.21. The minimum atomic E-state index is 0.251. The Labute approximate surface area is 112 Å². The van der Waals surface area contributed by atoms with Gasteiger partial charge in [-0.3, -0.25) is 10.1 Å². The van der Waals surface area contributed by atoms with E-state index < -0.39 is 0 Å². The molecule has 1 aliphatic rings. The highest BCUT2D eigenvalue weighted by Gasteiger charge is 2.22. The standard InChI is InChI=1S/C14H17NO4/c1-2-17-14(15-10-16)7-11-3-5-12(6-4-11)18-8-13-9-19-13/h3-7,10,13H,2,8-9H2,1H3,(H,15,16). The number of benzene rings is 1. The number of carbonyl (C=O) groups excluding carboxylic acids is 1. The number of hydrogen-bond donors (Lipinski definition) is 1. The quantitative estimate of drug-likeness (QED) is 0.439. The first kappa shape index (κ1) is 13.4. The molecule has 5 heteroatoms. The third kappa shape index (κ3) is 4.63. The number of rotatable bonds is 8. The molecular weight excluding hydrogens is 246 g/mol. The molecule has 19 heavy (non-hydrogen) atoms. The predicted octanol–water partition coefficient (Wildman–Crippen LogP) is 1.55. The molecule has 1 aromatic rings. The van der Waals surface area contributed by atoms with Crippen LogP contribution in [0.3, 0.4) is 0 Å². The number of ether oxygens (including phenoxy) is 3. The molecular formula is C14H17NO4. The molecule has 1 atom stereocenters. The molecule has 0 spiro atoms. The third-order valence-electron chi connectivity index (χ3n) is 2.52. The van der Waals surface area contributed by atoms with E-state index in [9.17, 15) is 4.79 Å². The van der Waals surface area contributed by atoms with Gasteiger partial charge < -0.3 is 14.2 Å². The molecule has 1 fully saturated rings. The van der Waals surface area contributed by atoms with E-state index >= 15 is 0 Å². The normalized spacial score (nSPS) is 17.7. The first-order chi connectivity index (χ1) is 9.31. The van der Waals surface area contributed by atoms with Crippen molar-refractivity contribution in [3.8, 4) is 5.75 Å². The van der Waals surface area contributed by atoms with Gasteiger partial charge in [0.15, 0.2) is 5.88 Å². The lowest BCUT2D eigenvalue weighted by Gasteiger charge is -2.07. The molecule has 1 aromatic carbocycles. The van der Waals surface area contributed by atoms with Crippen LogP contribution in [-0.4, -0.2) is 32.3 Å². The van der Waals surface area contributed by atoms with Crippen LogP contribution in [0.15, 0.2) is 30.1 Å². The maximum atomic E-state index is 10.4. The average molecular weight is 263 g/mol. The Kier molecular flexibility index (Phi) is 4.80. The van der Waals surface area contributed by atoms with Gasteiger partial charge in [0.05, 0.1) is 13.2 Å². The second-order valence-corrected chi connectivity index (χ2v) is 4.04. The van der Waals surface area contributed by atoms with Crippen LogP contribution in [0.1, 0.15) is 12.5 Å². The Balaban J connectivity index is 1.94. The summed E-state index contributed by atoms with van der Waals surface area (Å²) < 4.78 is 15.9. The molecule has 0 bridgehead atoms. The van der Waals surface area contributed by atoms with Crippen molar-refractivity contribution < 1.29 is 19.0 Å². The van der Waals surface area contributed by atoms with Gasteiger partial charge in [-0.2, -0.15) is 0 Å². The number of nitrogens with one attached hydrogen (secondary N) is 1. The summed E-state index contributed by atoms with van der Waals surface area (Å²) in [5, 5.41) is 2.51. The third-order valence-corrected chi connectivity index (χ3v) is 2.52. The summed E-state index contributed by atoms with van der Waals surface area (Å²) in [6.07, 6.45) is 2.60. The smallest absolute Gasteiger partial charge is 0.213 e. The van der Waals surface area contributed by atoms with E-state index in [1.54, 1.807) is 6.08 Å². The molecule has 102 valence electrons. The minimum Gasteiger partial charge on any atom is -0.491 e. The van der Waals surface area contributed by atoms with Gasteiger partial charge in [-0.25, -0.2) is 0 Å². The van der Waals surface area contributed by atoms with Crippen molar-refractivity contribution in [2.75, 3.05) is 19.8 Å². The van der Waals surface area contributed by atoms with Gasteiger partial charge in [-0.15, -0.1) is 0 Å². The van der Waals surface area contributed by atoms with E-state index in [4.69, 9.17) is 14.2 Å². The minimum absolute atomic E-state index is 0.251. The number of amides is 1. The summed E-state index contributed by atoms with van der Waals surface area (Å²) in [7, 11) is 0. The highest BCUT2D eigenvalue weighted by atomic mass is 16.6. The summed E-state index contributed by atoms with van der Waals surface area (Å²) in [5.74, 6) is 1.23. The molecule has 1 heterocycles. The Hall–Kier alpha value is -2.01. The Morgan fingerprint density at radius 3 is 2.79 bits per heavy atom. The highest BCUT2D eigenvalue weighted by molar-refractivity contribution is 5.58. The zero-order chi connectivity index (χ0) is 13.5. The molecule has 0 saturated carbocycles. The van der Waals surface area contributed by atoms with Gasteiger partial charge in [0.25, 0.3) is 0 Å². The lowest BCUT2D eigenvalue weighted by atomic mass is 10.2. The van der Waals surface area contributed by atoms with Gasteiger partial charge in [0, 0.05) is 6.08 Å². The van der Waals surface area contributed by atoms with Crippen LogP contribution < -0.4 is 10.1 Å². The first-order valence-corrected chi connectivity index (χ1v) is 6.21. The topological polar surface area (TPSA) is 60.1 Å². The number of epoxide rings is 1. The van der Waals surface area contributed by atoms with Crippen LogP contribution in [0, 0.1) is 0 Å². The van der Waals surface area contributed by atoms with Gasteiger partial charge >= 0.3 is 0 Å². The molecule has 1 saturated heterocycles. The van der Waals surface area contributed by atoms with Gasteiger partial charge in [0.1, 0.15) is 18.5 Å². The van der Waals surface area contributed by atoms with Crippen molar-refractivity contribution in [2.24, 2.45) is 0 Å². The molecule has 5 nitrogen and oxygen atoms in total. The fourth-order valence-electron chi connectivity index (χ4n) is 1.50. The second-order valence-electron chi connectivity index (χ2n) is 4.04. The van der Waals surface area contributed by atoms with E-state index in [2.05, 4.69) is 5.32 Å².